The highest BCUT2D eigenvalue weighted by Crippen LogP contribution is 2.43. The molecule has 4 saturated heterocycles. The summed E-state index contributed by atoms with van der Waals surface area (Å²) in [6, 6.07) is 9.15. The van der Waals surface area contributed by atoms with Crippen molar-refractivity contribution < 1.29 is 23.9 Å². The zero-order chi connectivity index (χ0) is 30.8. The van der Waals surface area contributed by atoms with Crippen LogP contribution in [0.5, 0.6) is 0 Å². The van der Waals surface area contributed by atoms with E-state index in [2.05, 4.69) is 80.9 Å². The molecule has 0 radical (unpaired) electrons. The molecule has 8 rings (SSSR count). The third-order valence-corrected chi connectivity index (χ3v) is 10.8. The van der Waals surface area contributed by atoms with Crippen molar-refractivity contribution in [1.29, 1.82) is 0 Å². The minimum absolute atomic E-state index is 0.152. The summed E-state index contributed by atoms with van der Waals surface area (Å²) < 4.78 is 24.9. The number of hydrogen-bond acceptors (Lipinski definition) is 9. The highest BCUT2D eigenvalue weighted by Gasteiger charge is 2.52. The quantitative estimate of drug-likeness (QED) is 0.437. The van der Waals surface area contributed by atoms with Crippen LogP contribution in [-0.4, -0.2) is 72.1 Å². The summed E-state index contributed by atoms with van der Waals surface area (Å²) in [6.07, 6.45) is 8.11. The van der Waals surface area contributed by atoms with Crippen LogP contribution in [0, 0.1) is 5.92 Å². The van der Waals surface area contributed by atoms with E-state index in [9.17, 15) is 5.11 Å². The van der Waals surface area contributed by atoms with Crippen LogP contribution in [0.15, 0.2) is 30.5 Å². The molecule has 2 bridgehead atoms. The first-order chi connectivity index (χ1) is 21.0. The van der Waals surface area contributed by atoms with Crippen molar-refractivity contribution in [3.8, 4) is 0 Å². The normalized spacial score (nSPS) is 29.7. The number of aliphatic hydroxyl groups excluding tert-OH is 1. The van der Waals surface area contributed by atoms with Crippen molar-refractivity contribution >= 4 is 35.5 Å². The lowest BCUT2D eigenvalue weighted by Gasteiger charge is -2.46. The van der Waals surface area contributed by atoms with Crippen LogP contribution in [0.25, 0.3) is 0 Å². The van der Waals surface area contributed by atoms with Crippen molar-refractivity contribution in [3.05, 3.63) is 36.0 Å². The molecule has 1 aromatic carbocycles. The van der Waals surface area contributed by atoms with Crippen LogP contribution in [0.4, 0.5) is 22.9 Å². The molecular formula is C34H49BN4O5. The standard InChI is InChI=1S/C34H49BN4O5/c1-21(2)42-27-11-7-22(8-12-27)32(40)39-18-23-15-24(35-43-33(3,4)34(5,6)44-35)17-36-31(23)37-29-14-10-25(16-30(29)39)38-19-28-13-9-26(38)20-41-28/h10,14-17,21-22,26-28,32,40H,7-9,11-13,18-20H2,1-6H3,(H,36,37)/t22?,26-,27?,28-,32?/m0/s1. The first kappa shape index (κ1) is 30.3. The molecule has 6 heterocycles. The van der Waals surface area contributed by atoms with Gasteiger partial charge in [-0.15, -0.1) is 0 Å². The molecule has 44 heavy (non-hydrogen) atoms. The summed E-state index contributed by atoms with van der Waals surface area (Å²) in [7, 11) is -0.499. The van der Waals surface area contributed by atoms with Crippen LogP contribution in [-0.2, 0) is 25.3 Å². The molecule has 1 unspecified atom stereocenters. The lowest BCUT2D eigenvalue weighted by Crippen LogP contribution is -2.54. The van der Waals surface area contributed by atoms with Crippen molar-refractivity contribution in [1.82, 2.24) is 4.98 Å². The second-order valence-corrected chi connectivity index (χ2v) is 14.8. The maximum atomic E-state index is 12.1. The third-order valence-electron chi connectivity index (χ3n) is 10.8. The van der Waals surface area contributed by atoms with Crippen LogP contribution in [0.3, 0.4) is 0 Å². The number of nitrogens with zero attached hydrogens (tertiary/aromatic N) is 3. The van der Waals surface area contributed by atoms with Gasteiger partial charge in [0.15, 0.2) is 0 Å². The van der Waals surface area contributed by atoms with E-state index in [4.69, 9.17) is 23.8 Å². The van der Waals surface area contributed by atoms with Gasteiger partial charge in [-0.1, -0.05) is 6.07 Å². The van der Waals surface area contributed by atoms with Crippen LogP contribution >= 0.6 is 0 Å². The lowest BCUT2D eigenvalue weighted by atomic mass is 9.79. The molecule has 2 N–H and O–H groups in total. The van der Waals surface area contributed by atoms with Gasteiger partial charge in [-0.3, -0.25) is 0 Å². The molecule has 0 amide bonds. The Kier molecular flexibility index (Phi) is 7.89. The van der Waals surface area contributed by atoms with E-state index < -0.39 is 24.5 Å². The van der Waals surface area contributed by atoms with Gasteiger partial charge in [0.25, 0.3) is 0 Å². The monoisotopic (exact) mass is 604 g/mol. The smallest absolute Gasteiger partial charge is 0.399 e. The van der Waals surface area contributed by atoms with E-state index in [0.29, 0.717) is 18.7 Å². The number of piperidine rings is 1. The summed E-state index contributed by atoms with van der Waals surface area (Å²) in [4.78, 5) is 9.58. The molecule has 9 nitrogen and oxygen atoms in total. The fourth-order valence-corrected chi connectivity index (χ4v) is 7.57. The van der Waals surface area contributed by atoms with Gasteiger partial charge >= 0.3 is 7.12 Å². The fourth-order valence-electron chi connectivity index (χ4n) is 7.57. The number of aromatic nitrogens is 1. The first-order valence-corrected chi connectivity index (χ1v) is 16.7. The number of aliphatic hydroxyl groups is 1. The Morgan fingerprint density at radius 3 is 2.41 bits per heavy atom. The van der Waals surface area contributed by atoms with E-state index in [1.54, 1.807) is 0 Å². The lowest BCUT2D eigenvalue weighted by molar-refractivity contribution is -0.0340. The zero-order valence-corrected chi connectivity index (χ0v) is 27.2. The average Bonchev–Trinajstić information content (AvgIpc) is 3.12. The molecule has 2 aromatic rings. The Morgan fingerprint density at radius 2 is 1.77 bits per heavy atom. The number of morpholine rings is 1. The second-order valence-electron chi connectivity index (χ2n) is 14.8. The summed E-state index contributed by atoms with van der Waals surface area (Å²) >= 11 is 0. The summed E-state index contributed by atoms with van der Waals surface area (Å²) in [5, 5.41) is 15.8. The molecule has 1 saturated carbocycles. The Hall–Kier alpha value is -2.37. The van der Waals surface area contributed by atoms with Gasteiger partial charge in [0.1, 0.15) is 12.0 Å². The summed E-state index contributed by atoms with van der Waals surface area (Å²) in [5.74, 6) is 0.951. The van der Waals surface area contributed by atoms with Gasteiger partial charge in [-0.2, -0.15) is 0 Å². The largest absolute Gasteiger partial charge is 0.496 e. The molecule has 6 aliphatic rings. The maximum absolute atomic E-state index is 12.1. The Balaban J connectivity index is 1.21. The molecule has 238 valence electrons. The van der Waals surface area contributed by atoms with Gasteiger partial charge in [0.2, 0.25) is 0 Å². The predicted octanol–water partition coefficient (Wildman–Crippen LogP) is 5.11. The first-order valence-electron chi connectivity index (χ1n) is 16.7. The van der Waals surface area contributed by atoms with Crippen molar-refractivity contribution in [2.45, 2.75) is 128 Å². The van der Waals surface area contributed by atoms with Gasteiger partial charge in [-0.05, 0) is 98.3 Å². The summed E-state index contributed by atoms with van der Waals surface area (Å²) in [6.45, 7) is 14.7. The van der Waals surface area contributed by atoms with Crippen LogP contribution < -0.4 is 20.6 Å². The van der Waals surface area contributed by atoms with Crippen LogP contribution in [0.1, 0.15) is 85.6 Å². The Labute approximate surface area is 262 Å². The number of anilines is 4. The second kappa shape index (κ2) is 11.5. The predicted molar refractivity (Wildman–Crippen MR) is 174 cm³/mol. The maximum Gasteiger partial charge on any atom is 0.496 e. The van der Waals surface area contributed by atoms with Gasteiger partial charge in [0.05, 0.1) is 53.5 Å². The fraction of sp³-hybridized carbons (Fsp3) is 0.676. The molecule has 3 atom stereocenters. The zero-order valence-electron chi connectivity index (χ0n) is 27.2. The number of pyridine rings is 1. The molecule has 10 heteroatoms. The number of benzene rings is 1. The van der Waals surface area contributed by atoms with Crippen LogP contribution in [0.2, 0.25) is 0 Å². The number of fused-ring (bicyclic) bond motifs is 5. The summed E-state index contributed by atoms with van der Waals surface area (Å²) in [5.41, 5.74) is 4.18. The molecule has 5 fully saturated rings. The number of nitrogens with one attached hydrogen (secondary N) is 1. The third kappa shape index (κ3) is 5.62. The highest BCUT2D eigenvalue weighted by molar-refractivity contribution is 6.62. The molecule has 5 aliphatic heterocycles. The van der Waals surface area contributed by atoms with Crippen molar-refractivity contribution in [2.75, 3.05) is 28.3 Å². The van der Waals surface area contributed by atoms with Crippen molar-refractivity contribution in [2.24, 2.45) is 5.92 Å². The van der Waals surface area contributed by atoms with Gasteiger partial charge in [-0.25, -0.2) is 4.98 Å². The Morgan fingerprint density at radius 1 is 1.02 bits per heavy atom. The van der Waals surface area contributed by atoms with Gasteiger partial charge < -0.3 is 39.0 Å². The van der Waals surface area contributed by atoms with E-state index in [1.807, 2.05) is 6.20 Å². The molecule has 1 aliphatic carbocycles. The topological polar surface area (TPSA) is 88.6 Å². The van der Waals surface area contributed by atoms with E-state index >= 15 is 0 Å². The van der Waals surface area contributed by atoms with Crippen molar-refractivity contribution in [3.63, 3.8) is 0 Å². The molecular weight excluding hydrogens is 555 g/mol. The molecule has 1 aromatic heterocycles. The van der Waals surface area contributed by atoms with E-state index in [-0.39, 0.29) is 18.1 Å². The average molecular weight is 605 g/mol. The highest BCUT2D eigenvalue weighted by atomic mass is 16.7. The Bertz CT molecular complexity index is 1340. The number of rotatable bonds is 6. The minimum atomic E-state index is -0.640. The number of hydrogen-bond donors (Lipinski definition) is 2. The number of ether oxygens (including phenoxy) is 2. The van der Waals surface area contributed by atoms with E-state index in [1.165, 1.54) is 5.69 Å². The SMILES string of the molecule is CC(C)OC1CCC(C(O)N2Cc3cc(B4OC(C)(C)C(C)(C)O4)cnc3Nc3ccc(N4C[C@@H]5CC[C@H]4CO5)cc32)CC1. The van der Waals surface area contributed by atoms with Gasteiger partial charge in [0, 0.05) is 41.9 Å². The molecule has 0 spiro atoms. The minimum Gasteiger partial charge on any atom is -0.399 e. The van der Waals surface area contributed by atoms with E-state index in [0.717, 1.165) is 79.9 Å².